The topological polar surface area (TPSA) is 99.6 Å². The van der Waals surface area contributed by atoms with Crippen LogP contribution in [0.2, 0.25) is 0 Å². The average Bonchev–Trinajstić information content (AvgIpc) is 3.58. The number of fused-ring (bicyclic) bond motifs is 1. The fourth-order valence-electron chi connectivity index (χ4n) is 7.48. The standard InChI is InChI=1S/C34H48BrN3O6/c1-8-12-22(7)36(17-9-2)33(42)30-34-19-25(35)29(44-34)27(28(34)32(41)38(30)26(20-39)21(5)6)31(40)37(18-10-3)23-13-15-24(16-14-23)43-11-4/h9-10,13-16,21-22,25-30,39H,2-3,8,11-12,17-20H2,1,4-7H3/t22?,25?,26-,27+,28-,29+,30?,34?/m0/s1. The first-order chi connectivity index (χ1) is 21.0. The van der Waals surface area contributed by atoms with Crippen LogP contribution in [0.1, 0.15) is 53.9 Å². The minimum atomic E-state index is -1.22. The van der Waals surface area contributed by atoms with E-state index in [-0.39, 0.29) is 47.7 Å². The molecule has 3 heterocycles. The van der Waals surface area contributed by atoms with E-state index in [1.54, 1.807) is 26.9 Å². The molecular weight excluding hydrogens is 626 g/mol. The molecule has 0 saturated carbocycles. The maximum atomic E-state index is 14.7. The summed E-state index contributed by atoms with van der Waals surface area (Å²) in [7, 11) is 0. The first-order valence-corrected chi connectivity index (χ1v) is 16.8. The zero-order chi connectivity index (χ0) is 32.3. The smallest absolute Gasteiger partial charge is 0.248 e. The van der Waals surface area contributed by atoms with E-state index in [2.05, 4.69) is 36.0 Å². The lowest BCUT2D eigenvalue weighted by Crippen LogP contribution is -2.61. The van der Waals surface area contributed by atoms with Crippen molar-refractivity contribution in [1.82, 2.24) is 9.80 Å². The Morgan fingerprint density at radius 2 is 1.82 bits per heavy atom. The predicted octanol–water partition coefficient (Wildman–Crippen LogP) is 4.57. The maximum absolute atomic E-state index is 14.7. The number of carbonyl (C=O) groups is 3. The summed E-state index contributed by atoms with van der Waals surface area (Å²) in [5, 5.41) is 10.6. The molecule has 8 atom stereocenters. The van der Waals surface area contributed by atoms with Gasteiger partial charge in [0.15, 0.2) is 0 Å². The number of likely N-dealkylation sites (tertiary alicyclic amines) is 1. The number of aliphatic hydroxyl groups is 1. The van der Waals surface area contributed by atoms with Gasteiger partial charge in [-0.2, -0.15) is 0 Å². The molecule has 4 unspecified atom stereocenters. The number of carbonyl (C=O) groups excluding carboxylic acids is 3. The molecule has 242 valence electrons. The van der Waals surface area contributed by atoms with E-state index in [1.165, 1.54) is 0 Å². The van der Waals surface area contributed by atoms with Crippen LogP contribution in [0.25, 0.3) is 0 Å². The van der Waals surface area contributed by atoms with Crippen LogP contribution in [0.3, 0.4) is 0 Å². The molecule has 3 saturated heterocycles. The highest BCUT2D eigenvalue weighted by Crippen LogP contribution is 2.61. The van der Waals surface area contributed by atoms with Gasteiger partial charge in [-0.05, 0) is 56.9 Å². The van der Waals surface area contributed by atoms with Crippen molar-refractivity contribution >= 4 is 39.3 Å². The minimum absolute atomic E-state index is 0.0944. The molecule has 1 aromatic rings. The highest BCUT2D eigenvalue weighted by atomic mass is 79.9. The predicted molar refractivity (Wildman–Crippen MR) is 175 cm³/mol. The average molecular weight is 675 g/mol. The number of rotatable bonds is 15. The number of hydrogen-bond acceptors (Lipinski definition) is 6. The third-order valence-corrected chi connectivity index (χ3v) is 10.3. The second kappa shape index (κ2) is 14.2. The molecule has 1 aromatic carbocycles. The number of amides is 3. The summed E-state index contributed by atoms with van der Waals surface area (Å²) in [6, 6.07) is 5.56. The quantitative estimate of drug-likeness (QED) is 0.216. The van der Waals surface area contributed by atoms with E-state index in [9.17, 15) is 19.5 Å². The van der Waals surface area contributed by atoms with Gasteiger partial charge in [-0.25, -0.2) is 0 Å². The van der Waals surface area contributed by atoms with Crippen molar-refractivity contribution in [2.75, 3.05) is 31.2 Å². The largest absolute Gasteiger partial charge is 0.494 e. The van der Waals surface area contributed by atoms with Gasteiger partial charge in [-0.1, -0.05) is 55.3 Å². The summed E-state index contributed by atoms with van der Waals surface area (Å²) >= 11 is 3.77. The summed E-state index contributed by atoms with van der Waals surface area (Å²) in [4.78, 5) is 48.6. The Kier molecular flexibility index (Phi) is 11.0. The van der Waals surface area contributed by atoms with Gasteiger partial charge in [0.25, 0.3) is 0 Å². The molecule has 1 spiro atoms. The van der Waals surface area contributed by atoms with Crippen LogP contribution in [-0.2, 0) is 19.1 Å². The van der Waals surface area contributed by atoms with Gasteiger partial charge < -0.3 is 29.3 Å². The molecule has 2 bridgehead atoms. The number of benzene rings is 1. The molecule has 3 fully saturated rings. The van der Waals surface area contributed by atoms with Crippen molar-refractivity contribution in [1.29, 1.82) is 0 Å². The second-order valence-corrected chi connectivity index (χ2v) is 13.7. The summed E-state index contributed by atoms with van der Waals surface area (Å²) in [6.07, 6.45) is 4.82. The van der Waals surface area contributed by atoms with Gasteiger partial charge >= 0.3 is 0 Å². The van der Waals surface area contributed by atoms with Crippen LogP contribution in [0.4, 0.5) is 5.69 Å². The normalized spacial score (nSPS) is 28.5. The number of hydrogen-bond donors (Lipinski definition) is 1. The highest BCUT2D eigenvalue weighted by molar-refractivity contribution is 9.09. The van der Waals surface area contributed by atoms with Crippen molar-refractivity contribution in [2.45, 2.75) is 88.5 Å². The summed E-state index contributed by atoms with van der Waals surface area (Å²) in [5.41, 5.74) is -0.572. The van der Waals surface area contributed by atoms with Crippen LogP contribution in [0, 0.1) is 17.8 Å². The molecule has 4 rings (SSSR count). The van der Waals surface area contributed by atoms with E-state index >= 15 is 0 Å². The number of anilines is 1. The number of nitrogens with zero attached hydrogens (tertiary/aromatic N) is 3. The molecule has 0 aromatic heterocycles. The lowest BCUT2D eigenvalue weighted by molar-refractivity contribution is -0.153. The summed E-state index contributed by atoms with van der Waals surface area (Å²) in [5.74, 6) is -1.96. The Balaban J connectivity index is 1.81. The number of aliphatic hydroxyl groups excluding tert-OH is 1. The van der Waals surface area contributed by atoms with Crippen LogP contribution < -0.4 is 9.64 Å². The molecule has 3 amide bonds. The fourth-order valence-corrected chi connectivity index (χ4v) is 8.43. The van der Waals surface area contributed by atoms with Crippen molar-refractivity contribution < 1.29 is 29.0 Å². The van der Waals surface area contributed by atoms with Crippen LogP contribution in [-0.4, -0.2) is 93.6 Å². The summed E-state index contributed by atoms with van der Waals surface area (Å²) in [6.45, 7) is 18.4. The SMILES string of the molecule is C=CCN(C(=O)[C@H]1[C@@H]2OC3(CC2Br)C(C(=O)N(CC=C)C(C)CCC)N([C@@H](CO)C(C)C)C(=O)[C@H]13)c1ccc(OCC)cc1. The molecule has 1 N–H and O–H groups in total. The van der Waals surface area contributed by atoms with Crippen LogP contribution in [0.15, 0.2) is 49.6 Å². The highest BCUT2D eigenvalue weighted by Gasteiger charge is 2.77. The molecule has 10 heteroatoms. The zero-order valence-corrected chi connectivity index (χ0v) is 28.2. The molecule has 0 aliphatic carbocycles. The number of ether oxygens (including phenoxy) is 2. The van der Waals surface area contributed by atoms with Crippen molar-refractivity contribution in [3.63, 3.8) is 0 Å². The van der Waals surface area contributed by atoms with Crippen LogP contribution in [0.5, 0.6) is 5.75 Å². The molecular formula is C34H48BrN3O6. The molecule has 3 aliphatic heterocycles. The Bertz CT molecular complexity index is 1220. The first kappa shape index (κ1) is 34.2. The van der Waals surface area contributed by atoms with Crippen molar-refractivity contribution in [2.24, 2.45) is 17.8 Å². The third kappa shape index (κ3) is 5.85. The number of alkyl halides is 1. The van der Waals surface area contributed by atoms with E-state index in [0.717, 1.165) is 12.8 Å². The van der Waals surface area contributed by atoms with Gasteiger partial charge in [0.2, 0.25) is 17.7 Å². The second-order valence-electron chi connectivity index (χ2n) is 12.5. The molecule has 0 radical (unpaired) electrons. The minimum Gasteiger partial charge on any atom is -0.494 e. The maximum Gasteiger partial charge on any atom is 0.248 e. The Hall–Kier alpha value is -2.69. The molecule has 3 aliphatic rings. The fraction of sp³-hybridized carbons (Fsp3) is 0.618. The Morgan fingerprint density at radius 1 is 1.16 bits per heavy atom. The van der Waals surface area contributed by atoms with Crippen LogP contribution >= 0.6 is 15.9 Å². The lowest BCUT2D eigenvalue weighted by Gasteiger charge is -2.42. The Morgan fingerprint density at radius 3 is 2.36 bits per heavy atom. The van der Waals surface area contributed by atoms with E-state index in [4.69, 9.17) is 9.47 Å². The molecule has 9 nitrogen and oxygen atoms in total. The van der Waals surface area contributed by atoms with E-state index < -0.39 is 35.6 Å². The third-order valence-electron chi connectivity index (χ3n) is 9.44. The van der Waals surface area contributed by atoms with Gasteiger partial charge in [0.05, 0.1) is 37.2 Å². The van der Waals surface area contributed by atoms with Gasteiger partial charge in [-0.3, -0.25) is 14.4 Å². The lowest BCUT2D eigenvalue weighted by atomic mass is 9.70. The monoisotopic (exact) mass is 673 g/mol. The number of halogens is 1. The summed E-state index contributed by atoms with van der Waals surface area (Å²) < 4.78 is 12.4. The Labute approximate surface area is 270 Å². The zero-order valence-electron chi connectivity index (χ0n) is 26.7. The van der Waals surface area contributed by atoms with E-state index in [0.29, 0.717) is 31.0 Å². The van der Waals surface area contributed by atoms with Gasteiger partial charge in [-0.15, -0.1) is 13.2 Å². The van der Waals surface area contributed by atoms with Gasteiger partial charge in [0.1, 0.15) is 17.4 Å². The van der Waals surface area contributed by atoms with Crippen molar-refractivity contribution in [3.8, 4) is 5.75 Å². The van der Waals surface area contributed by atoms with Crippen molar-refractivity contribution in [3.05, 3.63) is 49.6 Å². The first-order valence-electron chi connectivity index (χ1n) is 15.8. The van der Waals surface area contributed by atoms with Gasteiger partial charge in [0, 0.05) is 29.6 Å². The molecule has 44 heavy (non-hydrogen) atoms. The van der Waals surface area contributed by atoms with E-state index in [1.807, 2.05) is 52.0 Å².